The number of nitrogens with zero attached hydrogens (tertiary/aromatic N) is 5. The largest absolute Gasteiger partial charge is 0.309 e. The Morgan fingerprint density at radius 2 is 0.746 bits per heavy atom. The summed E-state index contributed by atoms with van der Waals surface area (Å²) >= 11 is 0. The Hall–Kier alpha value is -8.41. The molecule has 294 valence electrons. The molecule has 3 heterocycles. The van der Waals surface area contributed by atoms with Gasteiger partial charge in [0.2, 0.25) is 0 Å². The van der Waals surface area contributed by atoms with Crippen molar-refractivity contribution in [2.45, 2.75) is 5.92 Å². The van der Waals surface area contributed by atoms with Crippen molar-refractivity contribution in [3.63, 3.8) is 0 Å². The molecular weight excluding hydrogens is 767 g/mol. The van der Waals surface area contributed by atoms with E-state index >= 15 is 0 Å². The van der Waals surface area contributed by atoms with E-state index in [1.54, 1.807) is 0 Å². The molecule has 13 rings (SSSR count). The number of hydrogen-bond donors (Lipinski definition) is 0. The summed E-state index contributed by atoms with van der Waals surface area (Å²) in [7, 11) is 0. The number of rotatable bonds is 6. The normalized spacial score (nSPS) is 12.4. The lowest BCUT2D eigenvalue weighted by atomic mass is 9.89. The van der Waals surface area contributed by atoms with Gasteiger partial charge in [-0.15, -0.1) is 0 Å². The molecule has 0 unspecified atom stereocenters. The average Bonchev–Trinajstić information content (AvgIpc) is 3.99. The molecule has 5 nitrogen and oxygen atoms in total. The maximum Gasteiger partial charge on any atom is 0.164 e. The highest BCUT2D eigenvalue weighted by Gasteiger charge is 2.30. The SMILES string of the molecule is c1ccc(-c2nc(-c3ccccc3)nc(-c3cccc(-n4c5cc(C6c7ccccc7-c7ccccc76)ccc5c5ccc(-n6c7ccccc7c7ccccc76)cc54)c3)n2)cc1. The van der Waals surface area contributed by atoms with Crippen molar-refractivity contribution in [2.75, 3.05) is 0 Å². The number of para-hydroxylation sites is 2. The van der Waals surface area contributed by atoms with Crippen LogP contribution in [0.5, 0.6) is 0 Å². The van der Waals surface area contributed by atoms with Crippen molar-refractivity contribution in [3.8, 4) is 56.7 Å². The van der Waals surface area contributed by atoms with E-state index in [0.29, 0.717) is 17.5 Å². The predicted molar refractivity (Wildman–Crippen MR) is 258 cm³/mol. The van der Waals surface area contributed by atoms with E-state index in [1.807, 2.05) is 36.4 Å². The van der Waals surface area contributed by atoms with Gasteiger partial charge in [-0.2, -0.15) is 0 Å². The molecule has 1 aliphatic rings. The Balaban J connectivity index is 1.06. The van der Waals surface area contributed by atoms with Crippen molar-refractivity contribution >= 4 is 43.6 Å². The van der Waals surface area contributed by atoms with Gasteiger partial charge in [0.1, 0.15) is 0 Å². The van der Waals surface area contributed by atoms with Crippen molar-refractivity contribution in [2.24, 2.45) is 0 Å². The van der Waals surface area contributed by atoms with Crippen LogP contribution in [0.3, 0.4) is 0 Å². The van der Waals surface area contributed by atoms with Crippen LogP contribution in [0.25, 0.3) is 100 Å². The van der Waals surface area contributed by atoms with E-state index < -0.39 is 0 Å². The summed E-state index contributed by atoms with van der Waals surface area (Å²) in [4.78, 5) is 15.2. The molecule has 0 aliphatic heterocycles. The Morgan fingerprint density at radius 3 is 1.37 bits per heavy atom. The summed E-state index contributed by atoms with van der Waals surface area (Å²) in [5, 5.41) is 4.87. The van der Waals surface area contributed by atoms with Crippen LogP contribution in [-0.4, -0.2) is 24.1 Å². The van der Waals surface area contributed by atoms with E-state index in [4.69, 9.17) is 15.0 Å². The summed E-state index contributed by atoms with van der Waals surface area (Å²) in [6.45, 7) is 0. The highest BCUT2D eigenvalue weighted by Crippen LogP contribution is 2.49. The smallest absolute Gasteiger partial charge is 0.164 e. The minimum Gasteiger partial charge on any atom is -0.309 e. The quantitative estimate of drug-likeness (QED) is 0.168. The van der Waals surface area contributed by atoms with Gasteiger partial charge in [-0.05, 0) is 70.3 Å². The van der Waals surface area contributed by atoms with Crippen LogP contribution in [0.15, 0.2) is 218 Å². The summed E-state index contributed by atoms with van der Waals surface area (Å²) in [6, 6.07) is 78.2. The molecule has 5 heteroatoms. The molecular formula is C58H37N5. The Labute approximate surface area is 363 Å². The molecule has 0 saturated heterocycles. The summed E-state index contributed by atoms with van der Waals surface area (Å²) in [6.07, 6.45) is 0. The van der Waals surface area contributed by atoms with E-state index in [9.17, 15) is 0 Å². The van der Waals surface area contributed by atoms with Gasteiger partial charge >= 0.3 is 0 Å². The first-order valence-electron chi connectivity index (χ1n) is 21.5. The molecule has 1 aliphatic carbocycles. The zero-order valence-electron chi connectivity index (χ0n) is 34.1. The molecule has 0 radical (unpaired) electrons. The molecule has 3 aromatic heterocycles. The molecule has 0 fully saturated rings. The third-order valence-electron chi connectivity index (χ3n) is 12.8. The molecule has 0 N–H and O–H groups in total. The molecule has 0 amide bonds. The first-order chi connectivity index (χ1) is 31.2. The van der Waals surface area contributed by atoms with Crippen molar-refractivity contribution in [1.29, 1.82) is 0 Å². The fourth-order valence-corrected chi connectivity index (χ4v) is 10.1. The Bertz CT molecular complexity index is 3590. The molecule has 63 heavy (non-hydrogen) atoms. The van der Waals surface area contributed by atoms with Crippen LogP contribution in [0.4, 0.5) is 0 Å². The summed E-state index contributed by atoms with van der Waals surface area (Å²) < 4.78 is 4.85. The fraction of sp³-hybridized carbons (Fsp3) is 0.0172. The maximum absolute atomic E-state index is 5.13. The topological polar surface area (TPSA) is 48.5 Å². The Kier molecular flexibility index (Phi) is 7.90. The van der Waals surface area contributed by atoms with Gasteiger partial charge < -0.3 is 9.13 Å². The van der Waals surface area contributed by atoms with Crippen LogP contribution >= 0.6 is 0 Å². The molecule has 0 bridgehead atoms. The van der Waals surface area contributed by atoms with Crippen molar-refractivity contribution < 1.29 is 0 Å². The summed E-state index contributed by atoms with van der Waals surface area (Å²) in [5.74, 6) is 2.01. The lowest BCUT2D eigenvalue weighted by Crippen LogP contribution is -2.02. The van der Waals surface area contributed by atoms with Crippen molar-refractivity contribution in [1.82, 2.24) is 24.1 Å². The van der Waals surface area contributed by atoms with Gasteiger partial charge in [0.15, 0.2) is 17.5 Å². The van der Waals surface area contributed by atoms with Crippen LogP contribution in [0, 0.1) is 0 Å². The van der Waals surface area contributed by atoms with Gasteiger partial charge in [0.25, 0.3) is 0 Å². The minimum absolute atomic E-state index is 0.116. The number of hydrogen-bond acceptors (Lipinski definition) is 3. The standard InChI is InChI=1S/C58H37N5/c1-3-16-37(17-4-1)56-59-57(38-18-5-2-6-19-38)61-58(60-56)40-20-15-21-41(34-40)63-53-35-39(55-49-26-9-7-22-43(49)44-23-8-10-27-50(44)55)30-32-47(53)48-33-31-42(36-54(48)63)62-51-28-13-11-24-45(51)46-25-12-14-29-52(46)62/h1-36,55H. The second-order valence-corrected chi connectivity index (χ2v) is 16.4. The second kappa shape index (κ2) is 14.1. The van der Waals surface area contributed by atoms with Gasteiger partial charge in [0, 0.05) is 55.5 Å². The molecule has 0 atom stereocenters. The number of benzene rings is 9. The minimum atomic E-state index is 0.116. The van der Waals surface area contributed by atoms with E-state index in [0.717, 1.165) is 39.1 Å². The number of fused-ring (bicyclic) bond motifs is 9. The van der Waals surface area contributed by atoms with E-state index in [1.165, 1.54) is 60.4 Å². The first-order valence-corrected chi connectivity index (χ1v) is 21.5. The van der Waals surface area contributed by atoms with Gasteiger partial charge in [0.05, 0.1) is 22.1 Å². The van der Waals surface area contributed by atoms with Crippen molar-refractivity contribution in [3.05, 3.63) is 235 Å². The van der Waals surface area contributed by atoms with Gasteiger partial charge in [-0.25, -0.2) is 15.0 Å². The second-order valence-electron chi connectivity index (χ2n) is 16.4. The van der Waals surface area contributed by atoms with Gasteiger partial charge in [-0.3, -0.25) is 0 Å². The zero-order valence-corrected chi connectivity index (χ0v) is 34.1. The molecule has 9 aromatic carbocycles. The van der Waals surface area contributed by atoms with Crippen LogP contribution in [-0.2, 0) is 0 Å². The lowest BCUT2D eigenvalue weighted by Gasteiger charge is -2.16. The average molecular weight is 804 g/mol. The van der Waals surface area contributed by atoms with Gasteiger partial charge in [-0.1, -0.05) is 176 Å². The predicted octanol–water partition coefficient (Wildman–Crippen LogP) is 14.2. The summed E-state index contributed by atoms with van der Waals surface area (Å²) in [5.41, 5.74) is 16.1. The molecule has 0 saturated carbocycles. The highest BCUT2D eigenvalue weighted by molar-refractivity contribution is 6.12. The third-order valence-corrected chi connectivity index (χ3v) is 12.8. The number of aromatic nitrogens is 5. The van der Waals surface area contributed by atoms with Crippen LogP contribution in [0.1, 0.15) is 22.6 Å². The highest BCUT2D eigenvalue weighted by atomic mass is 15.0. The van der Waals surface area contributed by atoms with Crippen LogP contribution in [0.2, 0.25) is 0 Å². The molecule has 0 spiro atoms. The van der Waals surface area contributed by atoms with E-state index in [2.05, 4.69) is 191 Å². The maximum atomic E-state index is 5.13. The first kappa shape index (κ1) is 35.4. The van der Waals surface area contributed by atoms with E-state index in [-0.39, 0.29) is 5.92 Å². The van der Waals surface area contributed by atoms with Crippen LogP contribution < -0.4 is 0 Å². The molecule has 12 aromatic rings. The lowest BCUT2D eigenvalue weighted by molar-refractivity contribution is 1.01. The Morgan fingerprint density at radius 1 is 0.302 bits per heavy atom. The zero-order chi connectivity index (χ0) is 41.4. The third kappa shape index (κ3) is 5.60. The monoisotopic (exact) mass is 803 g/mol. The fourth-order valence-electron chi connectivity index (χ4n) is 10.1.